The number of likely N-dealkylation sites (tertiary alicyclic amines) is 1. The summed E-state index contributed by atoms with van der Waals surface area (Å²) >= 11 is 1.95. The Balaban J connectivity index is 1.67. The minimum Gasteiger partial charge on any atom is -0.312 e. The zero-order chi connectivity index (χ0) is 15.3. The Morgan fingerprint density at radius 1 is 1.19 bits per heavy atom. The van der Waals surface area contributed by atoms with E-state index in [0.717, 1.165) is 19.0 Å². The van der Waals surface area contributed by atoms with Crippen LogP contribution < -0.4 is 5.32 Å². The molecule has 0 amide bonds. The maximum atomic E-state index is 3.64. The summed E-state index contributed by atoms with van der Waals surface area (Å²) in [6.45, 7) is 15.3. The zero-order valence-corrected chi connectivity index (χ0v) is 15.1. The summed E-state index contributed by atoms with van der Waals surface area (Å²) in [5, 5.41) is 3.64. The van der Waals surface area contributed by atoms with Gasteiger partial charge in [-0.2, -0.15) is 0 Å². The maximum absolute atomic E-state index is 3.64. The van der Waals surface area contributed by atoms with Crippen LogP contribution in [0.5, 0.6) is 0 Å². The van der Waals surface area contributed by atoms with Crippen LogP contribution in [-0.4, -0.2) is 31.1 Å². The molecule has 1 N–H and O–H groups in total. The molecule has 0 radical (unpaired) electrons. The van der Waals surface area contributed by atoms with Crippen LogP contribution in [0.2, 0.25) is 0 Å². The molecule has 1 aromatic heterocycles. The molecule has 1 unspecified atom stereocenters. The average Bonchev–Trinajstić information content (AvgIpc) is 2.88. The largest absolute Gasteiger partial charge is 0.312 e. The van der Waals surface area contributed by atoms with Crippen LogP contribution in [-0.2, 0) is 12.0 Å². The molecule has 1 aliphatic rings. The standard InChI is InChI=1S/C18H32N2S/c1-15(14-20-10-6-5-7-11-20)12-19-13-16-8-9-17(21-16)18(2,3)4/h8-9,15,19H,5-7,10-14H2,1-4H3. The van der Waals surface area contributed by atoms with E-state index in [9.17, 15) is 0 Å². The van der Waals surface area contributed by atoms with Gasteiger partial charge in [0.25, 0.3) is 0 Å². The Kier molecular flexibility index (Phi) is 6.27. The Bertz CT molecular complexity index is 413. The van der Waals surface area contributed by atoms with Crippen LogP contribution >= 0.6 is 11.3 Å². The molecule has 1 aromatic rings. The second-order valence-electron chi connectivity index (χ2n) is 7.61. The van der Waals surface area contributed by atoms with Crippen molar-refractivity contribution in [3.63, 3.8) is 0 Å². The van der Waals surface area contributed by atoms with Crippen molar-refractivity contribution in [1.82, 2.24) is 10.2 Å². The molecule has 2 nitrogen and oxygen atoms in total. The Labute approximate surface area is 134 Å². The number of hydrogen-bond donors (Lipinski definition) is 1. The molecular formula is C18H32N2S. The predicted octanol–water partition coefficient (Wildman–Crippen LogP) is 4.26. The highest BCUT2D eigenvalue weighted by Gasteiger charge is 2.16. The third-order valence-electron chi connectivity index (χ3n) is 4.21. The summed E-state index contributed by atoms with van der Waals surface area (Å²) in [5.41, 5.74) is 0.282. The number of thiophene rings is 1. The van der Waals surface area contributed by atoms with Gasteiger partial charge < -0.3 is 10.2 Å². The third kappa shape index (κ3) is 5.72. The lowest BCUT2D eigenvalue weighted by Crippen LogP contribution is -2.36. The fourth-order valence-corrected chi connectivity index (χ4v) is 4.00. The zero-order valence-electron chi connectivity index (χ0n) is 14.2. The lowest BCUT2D eigenvalue weighted by molar-refractivity contribution is 0.199. The molecule has 0 spiro atoms. The molecule has 2 rings (SSSR count). The van der Waals surface area contributed by atoms with Crippen molar-refractivity contribution in [2.45, 2.75) is 58.9 Å². The van der Waals surface area contributed by atoms with E-state index in [1.54, 1.807) is 0 Å². The summed E-state index contributed by atoms with van der Waals surface area (Å²) in [6, 6.07) is 4.58. The van der Waals surface area contributed by atoms with Crippen molar-refractivity contribution in [2.24, 2.45) is 5.92 Å². The highest BCUT2D eigenvalue weighted by Crippen LogP contribution is 2.29. The monoisotopic (exact) mass is 308 g/mol. The first-order valence-electron chi connectivity index (χ1n) is 8.47. The van der Waals surface area contributed by atoms with Gasteiger partial charge in [-0.25, -0.2) is 0 Å². The van der Waals surface area contributed by atoms with Crippen LogP contribution in [0.4, 0.5) is 0 Å². The van der Waals surface area contributed by atoms with Crippen LogP contribution in [0, 0.1) is 5.92 Å². The highest BCUT2D eigenvalue weighted by molar-refractivity contribution is 7.12. The Hall–Kier alpha value is -0.380. The molecule has 1 fully saturated rings. The highest BCUT2D eigenvalue weighted by atomic mass is 32.1. The SMILES string of the molecule is CC(CNCc1ccc(C(C)(C)C)s1)CN1CCCCC1. The molecule has 0 bridgehead atoms. The van der Waals surface area contributed by atoms with Gasteiger partial charge in [-0.3, -0.25) is 0 Å². The molecule has 1 saturated heterocycles. The summed E-state index contributed by atoms with van der Waals surface area (Å²) in [5.74, 6) is 0.741. The maximum Gasteiger partial charge on any atom is 0.0299 e. The quantitative estimate of drug-likeness (QED) is 0.845. The number of rotatable bonds is 6. The molecule has 1 atom stereocenters. The second kappa shape index (κ2) is 7.75. The molecule has 0 aromatic carbocycles. The van der Waals surface area contributed by atoms with Crippen LogP contribution in [0.1, 0.15) is 56.7 Å². The Morgan fingerprint density at radius 3 is 2.52 bits per heavy atom. The van der Waals surface area contributed by atoms with Crippen molar-refractivity contribution in [3.05, 3.63) is 21.9 Å². The smallest absolute Gasteiger partial charge is 0.0299 e. The van der Waals surface area contributed by atoms with Gasteiger partial charge >= 0.3 is 0 Å². The first-order valence-corrected chi connectivity index (χ1v) is 9.29. The second-order valence-corrected chi connectivity index (χ2v) is 8.78. The number of nitrogens with one attached hydrogen (secondary N) is 1. The van der Waals surface area contributed by atoms with Gasteiger partial charge in [0.2, 0.25) is 0 Å². The molecule has 1 aliphatic heterocycles. The minimum atomic E-state index is 0.282. The number of nitrogens with zero attached hydrogens (tertiary/aromatic N) is 1. The van der Waals surface area contributed by atoms with Crippen LogP contribution in [0.25, 0.3) is 0 Å². The Morgan fingerprint density at radius 2 is 1.90 bits per heavy atom. The number of hydrogen-bond acceptors (Lipinski definition) is 3. The lowest BCUT2D eigenvalue weighted by Gasteiger charge is -2.29. The van der Waals surface area contributed by atoms with Crippen molar-refractivity contribution < 1.29 is 0 Å². The van der Waals surface area contributed by atoms with Crippen molar-refractivity contribution in [1.29, 1.82) is 0 Å². The predicted molar refractivity (Wildman–Crippen MR) is 94.2 cm³/mol. The van der Waals surface area contributed by atoms with E-state index in [-0.39, 0.29) is 5.41 Å². The first-order chi connectivity index (χ1) is 9.95. The summed E-state index contributed by atoms with van der Waals surface area (Å²) in [6.07, 6.45) is 4.22. The molecule has 0 aliphatic carbocycles. The molecular weight excluding hydrogens is 276 g/mol. The van der Waals surface area contributed by atoms with E-state index in [4.69, 9.17) is 0 Å². The average molecular weight is 309 g/mol. The molecule has 120 valence electrons. The molecule has 3 heteroatoms. The number of piperidine rings is 1. The first kappa shape index (κ1) is 17.0. The van der Waals surface area contributed by atoms with E-state index in [1.165, 1.54) is 48.7 Å². The van der Waals surface area contributed by atoms with E-state index < -0.39 is 0 Å². The summed E-state index contributed by atoms with van der Waals surface area (Å²) in [7, 11) is 0. The fourth-order valence-electron chi connectivity index (χ4n) is 2.97. The minimum absolute atomic E-state index is 0.282. The third-order valence-corrected chi connectivity index (χ3v) is 5.72. The van der Waals surface area contributed by atoms with E-state index in [1.807, 2.05) is 11.3 Å². The summed E-state index contributed by atoms with van der Waals surface area (Å²) < 4.78 is 0. The van der Waals surface area contributed by atoms with Gasteiger partial charge in [-0.1, -0.05) is 34.1 Å². The molecule has 0 saturated carbocycles. The van der Waals surface area contributed by atoms with E-state index >= 15 is 0 Å². The van der Waals surface area contributed by atoms with E-state index in [2.05, 4.69) is 50.0 Å². The van der Waals surface area contributed by atoms with Gasteiger partial charge in [0.05, 0.1) is 0 Å². The fraction of sp³-hybridized carbons (Fsp3) is 0.778. The van der Waals surface area contributed by atoms with Gasteiger partial charge in [0, 0.05) is 22.8 Å². The van der Waals surface area contributed by atoms with Gasteiger partial charge in [-0.05, 0) is 55.9 Å². The van der Waals surface area contributed by atoms with Crippen molar-refractivity contribution in [3.8, 4) is 0 Å². The van der Waals surface area contributed by atoms with Crippen LogP contribution in [0.15, 0.2) is 12.1 Å². The van der Waals surface area contributed by atoms with Gasteiger partial charge in [0.15, 0.2) is 0 Å². The van der Waals surface area contributed by atoms with Crippen molar-refractivity contribution >= 4 is 11.3 Å². The lowest BCUT2D eigenvalue weighted by atomic mass is 9.95. The van der Waals surface area contributed by atoms with Gasteiger partial charge in [0.1, 0.15) is 0 Å². The van der Waals surface area contributed by atoms with Gasteiger partial charge in [-0.15, -0.1) is 11.3 Å². The van der Waals surface area contributed by atoms with Crippen molar-refractivity contribution in [2.75, 3.05) is 26.2 Å². The van der Waals surface area contributed by atoms with E-state index in [0.29, 0.717) is 0 Å². The molecule has 21 heavy (non-hydrogen) atoms. The topological polar surface area (TPSA) is 15.3 Å². The van der Waals surface area contributed by atoms with Crippen LogP contribution in [0.3, 0.4) is 0 Å². The molecule has 2 heterocycles. The summed E-state index contributed by atoms with van der Waals surface area (Å²) in [4.78, 5) is 5.59. The normalized spacial score (nSPS) is 18.9.